The first kappa shape index (κ1) is 29.8. The lowest BCUT2D eigenvalue weighted by atomic mass is 9.52. The van der Waals surface area contributed by atoms with Crippen LogP contribution in [0.4, 0.5) is 5.69 Å². The lowest BCUT2D eigenvalue weighted by molar-refractivity contribution is -0.181. The molecule has 0 aromatic heterocycles. The van der Waals surface area contributed by atoms with Crippen molar-refractivity contribution in [1.82, 2.24) is 10.2 Å². The number of nitrogens with one attached hydrogen (secondary N) is 1. The Morgan fingerprint density at radius 2 is 1.82 bits per heavy atom. The molecule has 0 radical (unpaired) electrons. The third-order valence-corrected chi connectivity index (χ3v) is 8.80. The zero-order valence-electron chi connectivity index (χ0n) is 23.4. The van der Waals surface area contributed by atoms with Crippen molar-refractivity contribution in [3.8, 4) is 5.75 Å². The van der Waals surface area contributed by atoms with E-state index in [1.807, 2.05) is 6.92 Å². The van der Waals surface area contributed by atoms with Gasteiger partial charge < -0.3 is 31.3 Å². The number of carbonyl (C=O) groups excluding carboxylic acids is 5. The number of fused-ring (bicyclic) bond motifs is 3. The van der Waals surface area contributed by atoms with E-state index < -0.39 is 64.4 Å². The molecule has 2 fully saturated rings. The molecular formula is C28H38N4O8. The number of amides is 1. The van der Waals surface area contributed by atoms with Gasteiger partial charge in [-0.15, -0.1) is 0 Å². The Morgan fingerprint density at radius 3 is 2.38 bits per heavy atom. The molecule has 12 heteroatoms. The Bertz CT molecular complexity index is 1280. The van der Waals surface area contributed by atoms with Gasteiger partial charge in [0.25, 0.3) is 0 Å². The van der Waals surface area contributed by atoms with Gasteiger partial charge >= 0.3 is 0 Å². The number of aromatic hydroxyl groups is 1. The zero-order chi connectivity index (χ0) is 29.8. The molecule has 40 heavy (non-hydrogen) atoms. The number of hydrogen-bond acceptors (Lipinski definition) is 11. The molecule has 12 nitrogen and oxygen atoms in total. The minimum Gasteiger partial charge on any atom is -0.507 e. The number of rotatable bonds is 8. The molecule has 0 heterocycles. The average Bonchev–Trinajstić information content (AvgIpc) is 2.85. The van der Waals surface area contributed by atoms with Crippen molar-refractivity contribution in [2.45, 2.75) is 50.4 Å². The Balaban J connectivity index is 1.83. The van der Waals surface area contributed by atoms with Crippen molar-refractivity contribution in [1.29, 1.82) is 0 Å². The van der Waals surface area contributed by atoms with E-state index in [4.69, 9.17) is 5.73 Å². The predicted octanol–water partition coefficient (Wildman–Crippen LogP) is -1.21. The Labute approximate surface area is 232 Å². The lowest BCUT2D eigenvalue weighted by Gasteiger charge is -2.52. The molecular weight excluding hydrogens is 520 g/mol. The van der Waals surface area contributed by atoms with E-state index in [1.54, 1.807) is 39.2 Å². The van der Waals surface area contributed by atoms with Crippen molar-refractivity contribution >= 4 is 34.7 Å². The van der Waals surface area contributed by atoms with Gasteiger partial charge in [-0.25, -0.2) is 0 Å². The first-order valence-corrected chi connectivity index (χ1v) is 13.4. The van der Waals surface area contributed by atoms with Gasteiger partial charge in [0.05, 0.1) is 17.5 Å². The highest BCUT2D eigenvalue weighted by Crippen LogP contribution is 2.52. The summed E-state index contributed by atoms with van der Waals surface area (Å²) in [6.07, 6.45) is 0.682. The fourth-order valence-electron chi connectivity index (χ4n) is 6.82. The number of aliphatic hydroxyl groups is 2. The molecule has 1 aromatic carbocycles. The van der Waals surface area contributed by atoms with Crippen LogP contribution in [0.5, 0.6) is 5.75 Å². The number of Topliss-reactive ketones (excluding diaryl/α,β-unsaturated/α-hetero) is 4. The molecule has 4 rings (SSSR count). The highest BCUT2D eigenvalue weighted by atomic mass is 16.3. The van der Waals surface area contributed by atoms with Gasteiger partial charge in [-0.1, -0.05) is 0 Å². The maximum absolute atomic E-state index is 14.0. The maximum Gasteiger partial charge on any atom is 0.235 e. The van der Waals surface area contributed by atoms with Crippen LogP contribution in [0.2, 0.25) is 0 Å². The summed E-state index contributed by atoms with van der Waals surface area (Å²) in [5.41, 5.74) is 4.21. The standard InChI is InChI=1S/C28H38N4O8/c1-12(6-7-33)30-11-14-10-17(31(2)3)15-8-13-9-16-21(32(4)5)24(36)20(27(29)39)26(38)28(16,40)25(37)18(13)23(35)19(15)22(14)34/h10,12-13,16,18,20-21,30,33-34,40H,6-9,11H2,1-5H3,(H2,29,39)/t12?,13-,16-,18?,20?,21?,28-/m1/s1. The quantitative estimate of drug-likeness (QED) is 0.241. The van der Waals surface area contributed by atoms with E-state index >= 15 is 0 Å². The number of carbonyl (C=O) groups is 5. The molecule has 0 saturated heterocycles. The third-order valence-electron chi connectivity index (χ3n) is 8.80. The number of phenols is 1. The van der Waals surface area contributed by atoms with E-state index in [0.717, 1.165) is 0 Å². The summed E-state index contributed by atoms with van der Waals surface area (Å²) in [7, 11) is 6.69. The monoisotopic (exact) mass is 558 g/mol. The van der Waals surface area contributed by atoms with Crippen LogP contribution in [0.25, 0.3) is 0 Å². The summed E-state index contributed by atoms with van der Waals surface area (Å²) in [5, 5.41) is 35.4. The van der Waals surface area contributed by atoms with Crippen LogP contribution in [0.3, 0.4) is 0 Å². The molecule has 7 atom stereocenters. The van der Waals surface area contributed by atoms with Crippen LogP contribution in [0.1, 0.15) is 41.3 Å². The number of aliphatic hydroxyl groups excluding tert-OH is 1. The van der Waals surface area contributed by atoms with Crippen molar-refractivity contribution < 1.29 is 39.3 Å². The van der Waals surface area contributed by atoms with Crippen LogP contribution < -0.4 is 16.0 Å². The Kier molecular flexibility index (Phi) is 7.94. The molecule has 4 unspecified atom stereocenters. The number of ketones is 4. The summed E-state index contributed by atoms with van der Waals surface area (Å²) in [6.45, 7) is 2.04. The number of likely N-dealkylation sites (N-methyl/N-ethyl adjacent to an activating group) is 1. The molecule has 1 amide bonds. The fourth-order valence-corrected chi connectivity index (χ4v) is 6.82. The molecule has 0 bridgehead atoms. The van der Waals surface area contributed by atoms with E-state index in [1.165, 1.54) is 4.90 Å². The normalized spacial score (nSPS) is 30.6. The molecule has 0 spiro atoms. The summed E-state index contributed by atoms with van der Waals surface area (Å²) < 4.78 is 0. The van der Waals surface area contributed by atoms with Crippen LogP contribution in [-0.4, -0.2) is 102 Å². The highest BCUT2D eigenvalue weighted by molar-refractivity contribution is 6.32. The summed E-state index contributed by atoms with van der Waals surface area (Å²) in [4.78, 5) is 70.0. The number of hydrogen-bond donors (Lipinski definition) is 5. The largest absolute Gasteiger partial charge is 0.507 e. The summed E-state index contributed by atoms with van der Waals surface area (Å²) in [5.74, 6) is -10.7. The van der Waals surface area contributed by atoms with E-state index in [-0.39, 0.29) is 43.3 Å². The topological polar surface area (TPSA) is 191 Å². The van der Waals surface area contributed by atoms with Crippen LogP contribution >= 0.6 is 0 Å². The van der Waals surface area contributed by atoms with Crippen molar-refractivity contribution in [3.05, 3.63) is 22.8 Å². The summed E-state index contributed by atoms with van der Waals surface area (Å²) in [6, 6.07) is 0.560. The van der Waals surface area contributed by atoms with Crippen LogP contribution in [-0.2, 0) is 32.1 Å². The minimum absolute atomic E-state index is 0.000489. The zero-order valence-corrected chi connectivity index (χ0v) is 23.4. The number of anilines is 1. The number of nitrogens with two attached hydrogens (primary N) is 1. The molecule has 2 saturated carbocycles. The second kappa shape index (κ2) is 10.7. The molecule has 6 N–H and O–H groups in total. The Morgan fingerprint density at radius 1 is 1.18 bits per heavy atom. The fraction of sp³-hybridized carbons (Fsp3) is 0.607. The SMILES string of the molecule is CC(CCO)NCc1cc(N(C)C)c2c(c1O)C(=O)C1C(=O)[C@@]3(O)C(=O)C(C(N)=O)C(=O)C(N(C)C)[C@H]3C[C@H]1C2. The van der Waals surface area contributed by atoms with E-state index in [2.05, 4.69) is 5.32 Å². The highest BCUT2D eigenvalue weighted by Gasteiger charge is 2.69. The third kappa shape index (κ3) is 4.43. The predicted molar refractivity (Wildman–Crippen MR) is 144 cm³/mol. The van der Waals surface area contributed by atoms with Gasteiger partial charge in [0.15, 0.2) is 34.7 Å². The molecule has 218 valence electrons. The van der Waals surface area contributed by atoms with E-state index in [9.17, 15) is 39.3 Å². The lowest BCUT2D eigenvalue weighted by Crippen LogP contribution is -2.74. The number of phenolic OH excluding ortho intramolecular Hbond substituents is 1. The number of primary amides is 1. The van der Waals surface area contributed by atoms with Gasteiger partial charge in [-0.3, -0.25) is 28.9 Å². The van der Waals surface area contributed by atoms with Gasteiger partial charge in [0.2, 0.25) is 5.91 Å². The number of benzene rings is 1. The minimum atomic E-state index is -2.75. The van der Waals surface area contributed by atoms with Gasteiger partial charge in [0.1, 0.15) is 5.75 Å². The smallest absolute Gasteiger partial charge is 0.235 e. The van der Waals surface area contributed by atoms with Crippen molar-refractivity contribution in [2.75, 3.05) is 39.7 Å². The maximum atomic E-state index is 14.0. The molecule has 3 aliphatic carbocycles. The second-order valence-electron chi connectivity index (χ2n) is 11.7. The molecule has 0 aliphatic heterocycles. The van der Waals surface area contributed by atoms with Crippen LogP contribution in [0, 0.1) is 23.7 Å². The van der Waals surface area contributed by atoms with E-state index in [0.29, 0.717) is 23.2 Å². The molecule has 1 aromatic rings. The first-order valence-electron chi connectivity index (χ1n) is 13.4. The van der Waals surface area contributed by atoms with Crippen LogP contribution in [0.15, 0.2) is 6.07 Å². The van der Waals surface area contributed by atoms with Crippen molar-refractivity contribution in [3.63, 3.8) is 0 Å². The number of nitrogens with zero attached hydrogens (tertiary/aromatic N) is 2. The average molecular weight is 559 g/mol. The van der Waals surface area contributed by atoms with Gasteiger partial charge in [0, 0.05) is 50.5 Å². The van der Waals surface area contributed by atoms with Gasteiger partial charge in [-0.05, 0) is 57.8 Å². The molecule has 3 aliphatic rings. The summed E-state index contributed by atoms with van der Waals surface area (Å²) >= 11 is 0. The second-order valence-corrected chi connectivity index (χ2v) is 11.7. The first-order chi connectivity index (χ1) is 18.7. The Hall–Kier alpha value is -3.19. The van der Waals surface area contributed by atoms with Gasteiger partial charge in [-0.2, -0.15) is 0 Å². The van der Waals surface area contributed by atoms with Crippen molar-refractivity contribution in [2.24, 2.45) is 29.4 Å².